The van der Waals surface area contributed by atoms with Gasteiger partial charge in [-0.2, -0.15) is 0 Å². The number of ether oxygens (including phenoxy) is 1. The number of fused-ring (bicyclic) bond motifs is 2. The summed E-state index contributed by atoms with van der Waals surface area (Å²) in [6.45, 7) is 1.41. The van der Waals surface area contributed by atoms with Gasteiger partial charge in [0.2, 0.25) is 0 Å². The second kappa shape index (κ2) is 6.08. The van der Waals surface area contributed by atoms with Crippen LogP contribution in [0.5, 0.6) is 5.75 Å². The molecule has 0 unspecified atom stereocenters. The molecule has 1 saturated heterocycles. The molecule has 0 radical (unpaired) electrons. The minimum atomic E-state index is -0.990. The van der Waals surface area contributed by atoms with Crippen LogP contribution in [-0.4, -0.2) is 53.3 Å². The monoisotopic (exact) mass is 488 g/mol. The Morgan fingerprint density at radius 3 is 2.77 bits per heavy atom. The molecule has 120 valence electrons. The van der Waals surface area contributed by atoms with Crippen molar-refractivity contribution in [1.29, 1.82) is 0 Å². The Hall–Kier alpha value is -0.680. The molecule has 1 N–H and O–H groups in total. The van der Waals surface area contributed by atoms with Crippen LogP contribution in [0.25, 0.3) is 0 Å². The fourth-order valence-electron chi connectivity index (χ4n) is 2.76. The van der Waals surface area contributed by atoms with Crippen molar-refractivity contribution >= 4 is 44.6 Å². The Balaban J connectivity index is 1.95. The Kier molecular flexibility index (Phi) is 4.47. The first-order valence-electron chi connectivity index (χ1n) is 6.59. The third kappa shape index (κ3) is 2.67. The predicted molar refractivity (Wildman–Crippen MR) is 86.1 cm³/mol. The summed E-state index contributed by atoms with van der Waals surface area (Å²) in [4.78, 5) is 14.3. The van der Waals surface area contributed by atoms with Crippen LogP contribution in [-0.2, 0) is 6.54 Å². The van der Waals surface area contributed by atoms with Crippen LogP contribution in [0.4, 0.5) is 13.6 Å². The molecule has 1 aromatic rings. The number of hydrogen-bond donors (Lipinski definition) is 1. The molecule has 1 fully saturated rings. The Labute approximate surface area is 147 Å². The van der Waals surface area contributed by atoms with Gasteiger partial charge in [0.25, 0.3) is 0 Å². The third-order valence-electron chi connectivity index (χ3n) is 3.97. The minimum absolute atomic E-state index is 0.0522. The molecule has 3 rings (SSSR count). The van der Waals surface area contributed by atoms with Crippen LogP contribution in [0.1, 0.15) is 5.56 Å². The standard InChI is InChI=1S/C13H12BrF2IN2O3/c14-8-10(16)12-7(9(15)11(8)17)4-18-1-2-19(13(20)21)3-6(18)5-22-12/h6H,1-5H2,(H,20,21)/t6-/m1/s1. The van der Waals surface area contributed by atoms with Gasteiger partial charge in [-0.05, 0) is 38.5 Å². The largest absolute Gasteiger partial charge is 0.488 e. The summed E-state index contributed by atoms with van der Waals surface area (Å²) in [6, 6.07) is -0.215. The first-order chi connectivity index (χ1) is 10.4. The average Bonchev–Trinajstić information content (AvgIpc) is 2.69. The van der Waals surface area contributed by atoms with Gasteiger partial charge < -0.3 is 14.7 Å². The van der Waals surface area contributed by atoms with E-state index in [4.69, 9.17) is 9.84 Å². The van der Waals surface area contributed by atoms with Gasteiger partial charge in [-0.25, -0.2) is 13.6 Å². The minimum Gasteiger partial charge on any atom is -0.488 e. The molecule has 2 aliphatic rings. The topological polar surface area (TPSA) is 53.0 Å². The maximum absolute atomic E-state index is 14.5. The van der Waals surface area contributed by atoms with Crippen LogP contribution in [0, 0.1) is 15.2 Å². The zero-order valence-corrected chi connectivity index (χ0v) is 15.0. The Bertz CT molecular complexity index is 646. The van der Waals surface area contributed by atoms with E-state index in [9.17, 15) is 13.6 Å². The number of carboxylic acid groups (broad SMARTS) is 1. The summed E-state index contributed by atoms with van der Waals surface area (Å²) in [5, 5.41) is 9.07. The second-order valence-electron chi connectivity index (χ2n) is 5.23. The van der Waals surface area contributed by atoms with Crippen molar-refractivity contribution in [2.75, 3.05) is 26.2 Å². The highest BCUT2D eigenvalue weighted by Gasteiger charge is 2.35. The van der Waals surface area contributed by atoms with E-state index in [0.29, 0.717) is 13.1 Å². The normalized spacial score (nSPS) is 21.6. The van der Waals surface area contributed by atoms with E-state index >= 15 is 0 Å². The molecule has 2 aliphatic heterocycles. The number of hydrogen-bond acceptors (Lipinski definition) is 3. The molecule has 0 aromatic heterocycles. The van der Waals surface area contributed by atoms with Gasteiger partial charge in [-0.15, -0.1) is 0 Å². The van der Waals surface area contributed by atoms with Gasteiger partial charge >= 0.3 is 6.09 Å². The Morgan fingerprint density at radius 1 is 1.36 bits per heavy atom. The first-order valence-corrected chi connectivity index (χ1v) is 8.46. The molecule has 0 aliphatic carbocycles. The van der Waals surface area contributed by atoms with Crippen LogP contribution in [0.3, 0.4) is 0 Å². The van der Waals surface area contributed by atoms with Crippen molar-refractivity contribution in [1.82, 2.24) is 9.80 Å². The van der Waals surface area contributed by atoms with Gasteiger partial charge in [-0.1, -0.05) is 0 Å². The van der Waals surface area contributed by atoms with Gasteiger partial charge in [0, 0.05) is 31.7 Å². The molecular formula is C13H12BrF2IN2O3. The van der Waals surface area contributed by atoms with E-state index in [1.165, 1.54) is 4.90 Å². The zero-order chi connectivity index (χ0) is 16.0. The lowest BCUT2D eigenvalue weighted by atomic mass is 10.1. The van der Waals surface area contributed by atoms with Crippen molar-refractivity contribution in [2.45, 2.75) is 12.6 Å². The van der Waals surface area contributed by atoms with Crippen molar-refractivity contribution in [3.05, 3.63) is 25.2 Å². The fourth-order valence-corrected chi connectivity index (χ4v) is 3.68. The van der Waals surface area contributed by atoms with Crippen LogP contribution in [0.2, 0.25) is 0 Å². The van der Waals surface area contributed by atoms with E-state index in [1.807, 2.05) is 4.90 Å². The molecule has 0 saturated carbocycles. The lowest BCUT2D eigenvalue weighted by Gasteiger charge is -2.38. The third-order valence-corrected chi connectivity index (χ3v) is 6.47. The van der Waals surface area contributed by atoms with E-state index in [2.05, 4.69) is 15.9 Å². The predicted octanol–water partition coefficient (Wildman–Crippen LogP) is 2.89. The maximum Gasteiger partial charge on any atom is 0.407 e. The highest BCUT2D eigenvalue weighted by atomic mass is 127. The number of amides is 1. The molecule has 1 amide bonds. The number of carbonyl (C=O) groups is 1. The highest BCUT2D eigenvalue weighted by Crippen LogP contribution is 2.38. The van der Waals surface area contributed by atoms with E-state index in [-0.39, 0.29) is 45.1 Å². The number of rotatable bonds is 0. The van der Waals surface area contributed by atoms with E-state index in [1.54, 1.807) is 22.6 Å². The summed E-state index contributed by atoms with van der Waals surface area (Å²) in [6.07, 6.45) is -0.990. The van der Waals surface area contributed by atoms with Crippen LogP contribution < -0.4 is 4.74 Å². The van der Waals surface area contributed by atoms with Gasteiger partial charge in [0.1, 0.15) is 12.4 Å². The summed E-state index contributed by atoms with van der Waals surface area (Å²) in [7, 11) is 0. The van der Waals surface area contributed by atoms with Crippen molar-refractivity contribution in [3.8, 4) is 5.75 Å². The Morgan fingerprint density at radius 2 is 2.09 bits per heavy atom. The van der Waals surface area contributed by atoms with Gasteiger partial charge in [0.15, 0.2) is 11.6 Å². The maximum atomic E-state index is 14.5. The van der Waals surface area contributed by atoms with Gasteiger partial charge in [-0.3, -0.25) is 4.90 Å². The molecular weight excluding hydrogens is 477 g/mol. The van der Waals surface area contributed by atoms with Crippen molar-refractivity contribution in [3.63, 3.8) is 0 Å². The highest BCUT2D eigenvalue weighted by molar-refractivity contribution is 14.1. The quantitative estimate of drug-likeness (QED) is 0.346. The van der Waals surface area contributed by atoms with Crippen molar-refractivity contribution in [2.24, 2.45) is 0 Å². The zero-order valence-electron chi connectivity index (χ0n) is 11.3. The molecule has 9 heteroatoms. The summed E-state index contributed by atoms with van der Waals surface area (Å²) in [5.41, 5.74) is 0.191. The van der Waals surface area contributed by atoms with E-state index < -0.39 is 17.7 Å². The smallest absolute Gasteiger partial charge is 0.407 e. The second-order valence-corrected chi connectivity index (χ2v) is 7.10. The molecule has 0 spiro atoms. The SMILES string of the molecule is O=C(O)N1CCN2Cc3c(F)c(I)c(Br)c(F)c3OC[C@H]2C1. The average molecular weight is 489 g/mol. The summed E-state index contributed by atoms with van der Waals surface area (Å²) < 4.78 is 34.5. The molecule has 2 heterocycles. The number of piperazine rings is 1. The van der Waals surface area contributed by atoms with Gasteiger partial charge in [0.05, 0.1) is 14.1 Å². The molecule has 1 aromatic carbocycles. The molecule has 22 heavy (non-hydrogen) atoms. The first kappa shape index (κ1) is 16.2. The molecule has 1 atom stereocenters. The van der Waals surface area contributed by atoms with Crippen molar-refractivity contribution < 1.29 is 23.4 Å². The number of nitrogens with zero attached hydrogens (tertiary/aromatic N) is 2. The summed E-state index contributed by atoms with van der Waals surface area (Å²) in [5.74, 6) is -1.19. The lowest BCUT2D eigenvalue weighted by molar-refractivity contribution is 0.0496. The molecule has 0 bridgehead atoms. The van der Waals surface area contributed by atoms with E-state index in [0.717, 1.165) is 0 Å². The van der Waals surface area contributed by atoms with Crippen LogP contribution >= 0.6 is 38.5 Å². The summed E-state index contributed by atoms with van der Waals surface area (Å²) >= 11 is 4.79. The number of halogens is 4. The van der Waals surface area contributed by atoms with Crippen LogP contribution in [0.15, 0.2) is 4.47 Å². The molecule has 5 nitrogen and oxygen atoms in total. The lowest BCUT2D eigenvalue weighted by Crippen LogP contribution is -2.55. The number of benzene rings is 1. The fraction of sp³-hybridized carbons (Fsp3) is 0.462.